The van der Waals surface area contributed by atoms with E-state index in [-0.39, 0.29) is 24.1 Å². The molecule has 1 amide bonds. The van der Waals surface area contributed by atoms with Gasteiger partial charge in [0, 0.05) is 11.9 Å². The van der Waals surface area contributed by atoms with Crippen LogP contribution >= 0.6 is 11.6 Å². The lowest BCUT2D eigenvalue weighted by atomic mass is 10.0. The number of anilines is 1. The molecule has 0 fully saturated rings. The zero-order valence-electron chi connectivity index (χ0n) is 12.4. The van der Waals surface area contributed by atoms with Crippen molar-refractivity contribution in [3.8, 4) is 0 Å². The van der Waals surface area contributed by atoms with E-state index in [4.69, 9.17) is 16.3 Å². The number of esters is 1. The topological polar surface area (TPSA) is 71.2 Å². The van der Waals surface area contributed by atoms with E-state index in [0.717, 1.165) is 11.3 Å². The van der Waals surface area contributed by atoms with E-state index < -0.39 is 5.97 Å². The number of ether oxygens (including phenoxy) is 1. The molecule has 0 unspecified atom stereocenters. The number of halogens is 1. The van der Waals surface area contributed by atoms with Crippen LogP contribution in [-0.4, -0.2) is 23.5 Å². The van der Waals surface area contributed by atoms with Crippen molar-refractivity contribution in [2.24, 2.45) is 0 Å². The number of aromatic amines is 1. The Kier molecular flexibility index (Phi) is 5.22. The number of aromatic nitrogens is 1. The zero-order chi connectivity index (χ0) is 16.1. The molecule has 0 aliphatic carbocycles. The Labute approximate surface area is 133 Å². The minimum atomic E-state index is -0.626. The molecule has 0 spiro atoms. The second kappa shape index (κ2) is 7.13. The van der Waals surface area contributed by atoms with Crippen molar-refractivity contribution in [1.29, 1.82) is 0 Å². The number of rotatable bonds is 5. The molecular weight excluding hydrogens is 304 g/mol. The lowest BCUT2D eigenvalue weighted by molar-refractivity contribution is -0.119. The largest absolute Gasteiger partial charge is 0.451 e. The maximum atomic E-state index is 11.9. The van der Waals surface area contributed by atoms with Crippen LogP contribution in [0.25, 0.3) is 0 Å². The molecule has 2 aromatic rings. The van der Waals surface area contributed by atoms with Crippen LogP contribution in [0.4, 0.5) is 5.69 Å². The summed E-state index contributed by atoms with van der Waals surface area (Å²) in [5.41, 5.74) is 1.96. The predicted molar refractivity (Wildman–Crippen MR) is 85.2 cm³/mol. The van der Waals surface area contributed by atoms with Gasteiger partial charge in [0.05, 0.1) is 5.02 Å². The van der Waals surface area contributed by atoms with Gasteiger partial charge in [0.15, 0.2) is 6.61 Å². The molecule has 0 saturated carbocycles. The Balaban J connectivity index is 1.92. The normalized spacial score (nSPS) is 10.5. The van der Waals surface area contributed by atoms with E-state index in [9.17, 15) is 9.59 Å². The molecular formula is C16H17ClN2O3. The first kappa shape index (κ1) is 16.1. The molecule has 0 atom stereocenters. The van der Waals surface area contributed by atoms with Gasteiger partial charge in [-0.15, -0.1) is 0 Å². The first-order valence-corrected chi connectivity index (χ1v) is 7.25. The number of para-hydroxylation sites is 1. The fraction of sp³-hybridized carbons (Fsp3) is 0.250. The summed E-state index contributed by atoms with van der Waals surface area (Å²) < 4.78 is 4.93. The molecule has 1 aromatic heterocycles. The number of amides is 1. The van der Waals surface area contributed by atoms with Crippen molar-refractivity contribution >= 4 is 29.2 Å². The van der Waals surface area contributed by atoms with E-state index in [1.54, 1.807) is 0 Å². The SMILES string of the molecule is CC(C)c1ccccc1NC(=O)COC(=O)c1cc(Cl)c[nH]1. The van der Waals surface area contributed by atoms with Crippen LogP contribution in [0.2, 0.25) is 5.02 Å². The minimum Gasteiger partial charge on any atom is -0.451 e. The third-order valence-corrected chi connectivity index (χ3v) is 3.28. The summed E-state index contributed by atoms with van der Waals surface area (Å²) in [6.07, 6.45) is 1.47. The van der Waals surface area contributed by atoms with Crippen LogP contribution in [0.15, 0.2) is 36.5 Å². The van der Waals surface area contributed by atoms with Crippen LogP contribution in [0.1, 0.15) is 35.8 Å². The number of hydrogen-bond donors (Lipinski definition) is 2. The van der Waals surface area contributed by atoms with E-state index >= 15 is 0 Å². The predicted octanol–water partition coefficient (Wildman–Crippen LogP) is 3.59. The Hall–Kier alpha value is -2.27. The highest BCUT2D eigenvalue weighted by Gasteiger charge is 2.13. The van der Waals surface area contributed by atoms with Gasteiger partial charge in [-0.05, 0) is 23.6 Å². The second-order valence-corrected chi connectivity index (χ2v) is 5.53. The molecule has 0 radical (unpaired) electrons. The number of benzene rings is 1. The molecule has 116 valence electrons. The van der Waals surface area contributed by atoms with Gasteiger partial charge in [-0.25, -0.2) is 4.79 Å². The summed E-state index contributed by atoms with van der Waals surface area (Å²) in [5, 5.41) is 3.16. The van der Waals surface area contributed by atoms with E-state index in [0.29, 0.717) is 5.02 Å². The molecule has 5 nitrogen and oxygen atoms in total. The van der Waals surface area contributed by atoms with Crippen molar-refractivity contribution in [2.45, 2.75) is 19.8 Å². The van der Waals surface area contributed by atoms with Crippen LogP contribution in [0, 0.1) is 0 Å². The summed E-state index contributed by atoms with van der Waals surface area (Å²) in [5.74, 6) is -0.738. The molecule has 22 heavy (non-hydrogen) atoms. The highest BCUT2D eigenvalue weighted by Crippen LogP contribution is 2.23. The summed E-state index contributed by atoms with van der Waals surface area (Å²) >= 11 is 5.70. The molecule has 2 rings (SSSR count). The van der Waals surface area contributed by atoms with Crippen LogP contribution in [-0.2, 0) is 9.53 Å². The van der Waals surface area contributed by atoms with Crippen LogP contribution < -0.4 is 5.32 Å². The molecule has 6 heteroatoms. The standard InChI is InChI=1S/C16H17ClN2O3/c1-10(2)12-5-3-4-6-13(12)19-15(20)9-22-16(21)14-7-11(17)8-18-14/h3-8,10,18H,9H2,1-2H3,(H,19,20). The fourth-order valence-electron chi connectivity index (χ4n) is 2.00. The molecule has 0 saturated heterocycles. The number of H-pyrrole nitrogens is 1. The highest BCUT2D eigenvalue weighted by molar-refractivity contribution is 6.30. The summed E-state index contributed by atoms with van der Waals surface area (Å²) in [7, 11) is 0. The Morgan fingerprint density at radius 1 is 1.32 bits per heavy atom. The first-order valence-electron chi connectivity index (χ1n) is 6.87. The zero-order valence-corrected chi connectivity index (χ0v) is 13.1. The molecule has 0 aliphatic rings. The average molecular weight is 321 g/mol. The lowest BCUT2D eigenvalue weighted by Gasteiger charge is -2.13. The first-order chi connectivity index (χ1) is 10.5. The summed E-state index contributed by atoms with van der Waals surface area (Å²) in [6, 6.07) is 8.97. The Bertz CT molecular complexity index is 680. The number of nitrogens with one attached hydrogen (secondary N) is 2. The minimum absolute atomic E-state index is 0.209. The van der Waals surface area contributed by atoms with Gasteiger partial charge in [-0.1, -0.05) is 43.6 Å². The Morgan fingerprint density at radius 2 is 2.05 bits per heavy atom. The molecule has 2 N–H and O–H groups in total. The van der Waals surface area contributed by atoms with Crippen molar-refractivity contribution in [3.63, 3.8) is 0 Å². The van der Waals surface area contributed by atoms with E-state index in [1.807, 2.05) is 38.1 Å². The Morgan fingerprint density at radius 3 is 2.68 bits per heavy atom. The molecule has 1 heterocycles. The van der Waals surface area contributed by atoms with Gasteiger partial charge < -0.3 is 15.0 Å². The molecule has 1 aromatic carbocycles. The average Bonchev–Trinajstić information content (AvgIpc) is 2.92. The summed E-state index contributed by atoms with van der Waals surface area (Å²) in [4.78, 5) is 26.3. The lowest BCUT2D eigenvalue weighted by Crippen LogP contribution is -2.21. The quantitative estimate of drug-likeness (QED) is 0.827. The van der Waals surface area contributed by atoms with Crippen molar-refractivity contribution in [3.05, 3.63) is 52.8 Å². The maximum Gasteiger partial charge on any atom is 0.355 e. The van der Waals surface area contributed by atoms with Crippen molar-refractivity contribution < 1.29 is 14.3 Å². The fourth-order valence-corrected chi connectivity index (χ4v) is 2.16. The molecule has 0 aliphatic heterocycles. The van der Waals surface area contributed by atoms with Gasteiger partial charge in [0.25, 0.3) is 5.91 Å². The van der Waals surface area contributed by atoms with Crippen molar-refractivity contribution in [1.82, 2.24) is 4.98 Å². The third-order valence-electron chi connectivity index (χ3n) is 3.06. The van der Waals surface area contributed by atoms with Gasteiger partial charge in [-0.2, -0.15) is 0 Å². The van der Waals surface area contributed by atoms with E-state index in [2.05, 4.69) is 10.3 Å². The summed E-state index contributed by atoms with van der Waals surface area (Å²) in [6.45, 7) is 3.72. The third kappa shape index (κ3) is 4.11. The number of hydrogen-bond acceptors (Lipinski definition) is 3. The van der Waals surface area contributed by atoms with Gasteiger partial charge >= 0.3 is 5.97 Å². The van der Waals surface area contributed by atoms with Crippen LogP contribution in [0.5, 0.6) is 0 Å². The second-order valence-electron chi connectivity index (χ2n) is 5.10. The monoisotopic (exact) mass is 320 g/mol. The van der Waals surface area contributed by atoms with Gasteiger partial charge in [0.2, 0.25) is 0 Å². The smallest absolute Gasteiger partial charge is 0.355 e. The highest BCUT2D eigenvalue weighted by atomic mass is 35.5. The maximum absolute atomic E-state index is 11.9. The van der Waals surface area contributed by atoms with Gasteiger partial charge in [0.1, 0.15) is 5.69 Å². The van der Waals surface area contributed by atoms with Crippen LogP contribution in [0.3, 0.4) is 0 Å². The molecule has 0 bridgehead atoms. The number of carbonyl (C=O) groups is 2. The van der Waals surface area contributed by atoms with Gasteiger partial charge in [-0.3, -0.25) is 4.79 Å². The van der Waals surface area contributed by atoms with E-state index in [1.165, 1.54) is 12.3 Å². The van der Waals surface area contributed by atoms with Crippen molar-refractivity contribution in [2.75, 3.05) is 11.9 Å². The number of carbonyl (C=O) groups excluding carboxylic acids is 2.